The Morgan fingerprint density at radius 1 is 1.50 bits per heavy atom. The van der Waals surface area contributed by atoms with Gasteiger partial charge in [0.15, 0.2) is 12.0 Å². The molecule has 0 aromatic heterocycles. The van der Waals surface area contributed by atoms with Gasteiger partial charge in [0, 0.05) is 0 Å². The van der Waals surface area contributed by atoms with Gasteiger partial charge in [-0.3, -0.25) is 9.78 Å². The van der Waals surface area contributed by atoms with Crippen LogP contribution >= 0.6 is 0 Å². The van der Waals surface area contributed by atoms with E-state index in [-0.39, 0.29) is 6.61 Å². The summed E-state index contributed by atoms with van der Waals surface area (Å²) in [6.07, 6.45) is 2.67. The van der Waals surface area contributed by atoms with Crippen molar-refractivity contribution in [3.05, 3.63) is 23.7 Å². The van der Waals surface area contributed by atoms with Crippen LogP contribution in [0.4, 0.5) is 0 Å². The summed E-state index contributed by atoms with van der Waals surface area (Å²) in [5.41, 5.74) is 0.764. The van der Waals surface area contributed by atoms with Crippen molar-refractivity contribution in [2.24, 2.45) is 0 Å². The molecule has 2 aliphatic heterocycles. The topological polar surface area (TPSA) is 44.8 Å². The van der Waals surface area contributed by atoms with Crippen LogP contribution in [0.2, 0.25) is 0 Å². The van der Waals surface area contributed by atoms with Crippen LogP contribution in [0.25, 0.3) is 0 Å². The summed E-state index contributed by atoms with van der Waals surface area (Å²) in [7, 11) is 0. The van der Waals surface area contributed by atoms with Crippen molar-refractivity contribution < 1.29 is 19.3 Å². The van der Waals surface area contributed by atoms with Gasteiger partial charge in [-0.15, -0.1) is 0 Å². The summed E-state index contributed by atoms with van der Waals surface area (Å²) in [4.78, 5) is 19.6. The fraction of sp³-hybridized carbons (Fsp3) is 0.167. The van der Waals surface area contributed by atoms with E-state index in [2.05, 4.69) is 14.5 Å². The lowest BCUT2D eigenvalue weighted by molar-refractivity contribution is -0.193. The number of carbonyl (C=O) groups is 1. The summed E-state index contributed by atoms with van der Waals surface area (Å²) >= 11 is 0. The Balaban J connectivity index is 2.36. The van der Waals surface area contributed by atoms with Crippen LogP contribution < -0.4 is 0 Å². The molecule has 0 aliphatic carbocycles. The first-order chi connectivity index (χ1) is 4.86. The second-order valence-corrected chi connectivity index (χ2v) is 1.94. The molecule has 0 saturated carbocycles. The quantitative estimate of drug-likeness (QED) is 0.358. The molecule has 0 fully saturated rings. The maximum Gasteiger partial charge on any atom is 0.335 e. The molecule has 4 heteroatoms. The molecule has 4 nitrogen and oxygen atoms in total. The van der Waals surface area contributed by atoms with Gasteiger partial charge in [0.25, 0.3) is 0 Å². The Morgan fingerprint density at radius 3 is 3.30 bits per heavy atom. The third-order valence-electron chi connectivity index (χ3n) is 1.26. The number of rotatable bonds is 0. The second-order valence-electron chi connectivity index (χ2n) is 1.94. The Hall–Kier alpha value is -1.45. The molecule has 0 aromatic rings. The smallest absolute Gasteiger partial charge is 0.335 e. The fourth-order valence-corrected chi connectivity index (χ4v) is 0.765. The summed E-state index contributed by atoms with van der Waals surface area (Å²) in [5, 5.41) is 0. The number of cyclic esters (lactones) is 1. The van der Waals surface area contributed by atoms with Crippen molar-refractivity contribution in [3.8, 4) is 0 Å². The summed E-state index contributed by atoms with van der Waals surface area (Å²) in [6.45, 7) is 0.241. The van der Waals surface area contributed by atoms with Gasteiger partial charge in [-0.25, -0.2) is 4.79 Å². The van der Waals surface area contributed by atoms with E-state index in [0.29, 0.717) is 5.76 Å². The number of hydrogen-bond acceptors (Lipinski definition) is 4. The molecule has 10 heavy (non-hydrogen) atoms. The lowest BCUT2D eigenvalue weighted by Crippen LogP contribution is -2.11. The third kappa shape index (κ3) is 0.655. The van der Waals surface area contributed by atoms with Crippen LogP contribution in [0, 0.1) is 0 Å². The molecular formula is C6H4O4. The first kappa shape index (κ1) is 5.34. The summed E-state index contributed by atoms with van der Waals surface area (Å²) in [5.74, 6) is 0.0638. The highest BCUT2D eigenvalue weighted by Gasteiger charge is 2.23. The zero-order valence-corrected chi connectivity index (χ0v) is 4.99. The standard InChI is InChI=1S/C6H4O4/c7-6-1-5-4(2-8-6)3-9-10-5/h1,3H,2H2. The molecule has 2 heterocycles. The minimum Gasteiger partial charge on any atom is -0.457 e. The van der Waals surface area contributed by atoms with Crippen LogP contribution in [0.5, 0.6) is 0 Å². The maximum atomic E-state index is 10.5. The molecule has 2 aliphatic rings. The van der Waals surface area contributed by atoms with Gasteiger partial charge < -0.3 is 4.74 Å². The summed E-state index contributed by atoms with van der Waals surface area (Å²) in [6, 6.07) is 0. The molecule has 2 rings (SSSR count). The second kappa shape index (κ2) is 1.76. The van der Waals surface area contributed by atoms with Crippen molar-refractivity contribution in [1.82, 2.24) is 0 Å². The number of ether oxygens (including phenoxy) is 1. The van der Waals surface area contributed by atoms with Crippen molar-refractivity contribution in [3.63, 3.8) is 0 Å². The third-order valence-corrected chi connectivity index (χ3v) is 1.26. The van der Waals surface area contributed by atoms with Gasteiger partial charge >= 0.3 is 5.97 Å². The number of carbonyl (C=O) groups excluding carboxylic acids is 1. The number of hydrogen-bond donors (Lipinski definition) is 0. The van der Waals surface area contributed by atoms with Crippen LogP contribution in [0.1, 0.15) is 0 Å². The lowest BCUT2D eigenvalue weighted by Gasteiger charge is -2.07. The molecule has 0 N–H and O–H groups in total. The van der Waals surface area contributed by atoms with Crippen molar-refractivity contribution in [2.75, 3.05) is 6.61 Å². The molecule has 0 spiro atoms. The minimum atomic E-state index is -0.391. The molecular weight excluding hydrogens is 136 g/mol. The van der Waals surface area contributed by atoms with Crippen molar-refractivity contribution >= 4 is 5.97 Å². The predicted molar refractivity (Wildman–Crippen MR) is 29.3 cm³/mol. The van der Waals surface area contributed by atoms with Crippen LogP contribution in [0.15, 0.2) is 23.7 Å². The number of esters is 1. The van der Waals surface area contributed by atoms with E-state index in [1.165, 1.54) is 12.3 Å². The fourth-order valence-electron chi connectivity index (χ4n) is 0.765. The van der Waals surface area contributed by atoms with E-state index in [4.69, 9.17) is 0 Å². The Morgan fingerprint density at radius 2 is 2.40 bits per heavy atom. The summed E-state index contributed by atoms with van der Waals surface area (Å²) < 4.78 is 4.65. The molecule has 52 valence electrons. The highest BCUT2D eigenvalue weighted by Crippen LogP contribution is 2.22. The SMILES string of the molecule is O=C1C=C2OOC=C2CO1. The van der Waals surface area contributed by atoms with Gasteiger partial charge in [0.05, 0.1) is 11.6 Å². The largest absolute Gasteiger partial charge is 0.457 e. The van der Waals surface area contributed by atoms with E-state index in [9.17, 15) is 4.79 Å². The highest BCUT2D eigenvalue weighted by atomic mass is 17.2. The monoisotopic (exact) mass is 140 g/mol. The average Bonchev–Trinajstić information content (AvgIpc) is 2.33. The van der Waals surface area contributed by atoms with Crippen molar-refractivity contribution in [2.45, 2.75) is 0 Å². The van der Waals surface area contributed by atoms with E-state index >= 15 is 0 Å². The predicted octanol–water partition coefficient (Wildman–Crippen LogP) is 0.273. The van der Waals surface area contributed by atoms with Crippen LogP contribution in [0.3, 0.4) is 0 Å². The van der Waals surface area contributed by atoms with Gasteiger partial charge in [-0.2, -0.15) is 0 Å². The highest BCUT2D eigenvalue weighted by molar-refractivity contribution is 5.84. The van der Waals surface area contributed by atoms with E-state index < -0.39 is 5.97 Å². The van der Waals surface area contributed by atoms with Crippen LogP contribution in [-0.4, -0.2) is 12.6 Å². The van der Waals surface area contributed by atoms with Gasteiger partial charge in [-0.1, -0.05) is 0 Å². The van der Waals surface area contributed by atoms with E-state index in [1.54, 1.807) is 0 Å². The zero-order valence-electron chi connectivity index (χ0n) is 4.99. The van der Waals surface area contributed by atoms with Crippen LogP contribution in [-0.2, 0) is 19.3 Å². The van der Waals surface area contributed by atoms with Gasteiger partial charge in [-0.05, 0) is 0 Å². The van der Waals surface area contributed by atoms with Crippen molar-refractivity contribution in [1.29, 1.82) is 0 Å². The Kier molecular flexibility index (Phi) is 0.943. The Bertz CT molecular complexity index is 238. The number of fused-ring (bicyclic) bond motifs is 1. The molecule has 0 saturated heterocycles. The lowest BCUT2D eigenvalue weighted by atomic mass is 10.2. The van der Waals surface area contributed by atoms with E-state index in [1.807, 2.05) is 0 Å². The Labute approximate surface area is 56.6 Å². The molecule has 0 atom stereocenters. The van der Waals surface area contributed by atoms with Gasteiger partial charge in [0.2, 0.25) is 0 Å². The minimum absolute atomic E-state index is 0.241. The van der Waals surface area contributed by atoms with E-state index in [0.717, 1.165) is 5.57 Å². The maximum absolute atomic E-state index is 10.5. The molecule has 0 radical (unpaired) electrons. The first-order valence-electron chi connectivity index (χ1n) is 2.77. The average molecular weight is 140 g/mol. The molecule has 0 amide bonds. The normalized spacial score (nSPS) is 21.4. The molecule has 0 bridgehead atoms. The molecule has 0 unspecified atom stereocenters. The zero-order chi connectivity index (χ0) is 6.97. The van der Waals surface area contributed by atoms with Gasteiger partial charge in [0.1, 0.15) is 6.61 Å². The molecule has 0 aromatic carbocycles. The first-order valence-corrected chi connectivity index (χ1v) is 2.77.